The zero-order valence-corrected chi connectivity index (χ0v) is 16.1. The Morgan fingerprint density at radius 3 is 2.63 bits per heavy atom. The lowest BCUT2D eigenvalue weighted by Crippen LogP contribution is -2.42. The van der Waals surface area contributed by atoms with Gasteiger partial charge < -0.3 is 19.4 Å². The zero-order chi connectivity index (χ0) is 19.2. The van der Waals surface area contributed by atoms with E-state index in [1.165, 1.54) is 5.56 Å². The summed E-state index contributed by atoms with van der Waals surface area (Å²) >= 11 is 0. The highest BCUT2D eigenvalue weighted by atomic mass is 16.5. The predicted octanol–water partition coefficient (Wildman–Crippen LogP) is 3.44. The van der Waals surface area contributed by atoms with Crippen molar-refractivity contribution in [1.29, 1.82) is 0 Å². The first-order valence-corrected chi connectivity index (χ1v) is 9.05. The van der Waals surface area contributed by atoms with Crippen LogP contribution in [0.15, 0.2) is 54.7 Å². The van der Waals surface area contributed by atoms with E-state index in [9.17, 15) is 4.79 Å². The van der Waals surface area contributed by atoms with Gasteiger partial charge in [-0.15, -0.1) is 0 Å². The second-order valence-electron chi connectivity index (χ2n) is 6.71. The second kappa shape index (κ2) is 8.73. The summed E-state index contributed by atoms with van der Waals surface area (Å²) in [6.07, 6.45) is 3.00. The van der Waals surface area contributed by atoms with Crippen LogP contribution in [0.1, 0.15) is 11.1 Å². The first kappa shape index (κ1) is 19.0. The van der Waals surface area contributed by atoms with Gasteiger partial charge in [0.2, 0.25) is 5.91 Å². The third kappa shape index (κ3) is 4.49. The van der Waals surface area contributed by atoms with Crippen LogP contribution in [0.3, 0.4) is 0 Å². The standard InChI is InChI=1S/C22H26N2O3/c1-24(18(15-26-2)11-16-7-5-4-6-8-16)22(25)12-17-14-23-21-10-9-19(27-3)13-20(17)21/h4-10,13-14,18,23H,11-12,15H2,1-3H3/t18-/m1/s1. The van der Waals surface area contributed by atoms with Crippen LogP contribution in [-0.4, -0.2) is 49.7 Å². The van der Waals surface area contributed by atoms with Crippen molar-refractivity contribution >= 4 is 16.8 Å². The molecule has 0 radical (unpaired) electrons. The van der Waals surface area contributed by atoms with Gasteiger partial charge in [0.05, 0.1) is 26.2 Å². The third-order valence-corrected chi connectivity index (χ3v) is 4.93. The topological polar surface area (TPSA) is 54.6 Å². The van der Waals surface area contributed by atoms with Crippen molar-refractivity contribution in [2.75, 3.05) is 27.9 Å². The minimum atomic E-state index is -0.00959. The van der Waals surface area contributed by atoms with Crippen LogP contribution in [0, 0.1) is 0 Å². The number of nitrogens with zero attached hydrogens (tertiary/aromatic N) is 1. The van der Waals surface area contributed by atoms with Crippen molar-refractivity contribution in [3.63, 3.8) is 0 Å². The Morgan fingerprint density at radius 1 is 1.15 bits per heavy atom. The maximum absolute atomic E-state index is 12.9. The summed E-state index contributed by atoms with van der Waals surface area (Å²) in [7, 11) is 5.16. The first-order chi connectivity index (χ1) is 13.1. The number of hydrogen-bond donors (Lipinski definition) is 1. The lowest BCUT2D eigenvalue weighted by molar-refractivity contribution is -0.132. The number of carbonyl (C=O) groups is 1. The predicted molar refractivity (Wildman–Crippen MR) is 107 cm³/mol. The van der Waals surface area contributed by atoms with Crippen molar-refractivity contribution in [3.05, 3.63) is 65.9 Å². The molecule has 1 heterocycles. The van der Waals surface area contributed by atoms with E-state index < -0.39 is 0 Å². The average molecular weight is 366 g/mol. The third-order valence-electron chi connectivity index (χ3n) is 4.93. The number of aromatic amines is 1. The summed E-state index contributed by atoms with van der Waals surface area (Å²) in [6.45, 7) is 0.499. The Hall–Kier alpha value is -2.79. The van der Waals surface area contributed by atoms with E-state index in [4.69, 9.17) is 9.47 Å². The fourth-order valence-corrected chi connectivity index (χ4v) is 3.31. The normalized spacial score (nSPS) is 12.1. The Bertz CT molecular complexity index is 889. The van der Waals surface area contributed by atoms with Crippen molar-refractivity contribution in [2.45, 2.75) is 18.9 Å². The fraction of sp³-hybridized carbons (Fsp3) is 0.318. The molecule has 1 atom stereocenters. The smallest absolute Gasteiger partial charge is 0.227 e. The highest BCUT2D eigenvalue weighted by molar-refractivity contribution is 5.89. The van der Waals surface area contributed by atoms with Gasteiger partial charge in [0.25, 0.3) is 0 Å². The summed E-state index contributed by atoms with van der Waals surface area (Å²) in [5.41, 5.74) is 3.16. The van der Waals surface area contributed by atoms with Gasteiger partial charge in [0.1, 0.15) is 5.75 Å². The summed E-state index contributed by atoms with van der Waals surface area (Å²) < 4.78 is 10.7. The molecular weight excluding hydrogens is 340 g/mol. The monoisotopic (exact) mass is 366 g/mol. The van der Waals surface area contributed by atoms with Crippen molar-refractivity contribution < 1.29 is 14.3 Å². The molecule has 0 aliphatic heterocycles. The summed E-state index contributed by atoms with van der Waals surface area (Å²) in [4.78, 5) is 18.0. The molecule has 0 unspecified atom stereocenters. The molecule has 0 saturated carbocycles. The number of amides is 1. The number of benzene rings is 2. The van der Waals surface area contributed by atoms with Gasteiger partial charge in [0.15, 0.2) is 0 Å². The van der Waals surface area contributed by atoms with Crippen LogP contribution in [-0.2, 0) is 22.4 Å². The number of aromatic nitrogens is 1. The fourth-order valence-electron chi connectivity index (χ4n) is 3.31. The second-order valence-corrected chi connectivity index (χ2v) is 6.71. The molecule has 5 heteroatoms. The van der Waals surface area contributed by atoms with Gasteiger partial charge in [0, 0.05) is 31.3 Å². The molecule has 5 nitrogen and oxygen atoms in total. The number of methoxy groups -OCH3 is 2. The SMILES string of the molecule is COC[C@@H](Cc1ccccc1)N(C)C(=O)Cc1c[nH]c2ccc(OC)cc12. The van der Waals surface area contributed by atoms with Gasteiger partial charge >= 0.3 is 0 Å². The van der Waals surface area contributed by atoms with Crippen molar-refractivity contribution in [2.24, 2.45) is 0 Å². The number of ether oxygens (including phenoxy) is 2. The van der Waals surface area contributed by atoms with Gasteiger partial charge in [-0.2, -0.15) is 0 Å². The molecular formula is C22H26N2O3. The van der Waals surface area contributed by atoms with Crippen LogP contribution in [0.2, 0.25) is 0 Å². The largest absolute Gasteiger partial charge is 0.497 e. The number of hydrogen-bond acceptors (Lipinski definition) is 3. The number of likely N-dealkylation sites (N-methyl/N-ethyl adjacent to an activating group) is 1. The molecule has 0 aliphatic carbocycles. The molecule has 142 valence electrons. The van der Waals surface area contributed by atoms with Crippen LogP contribution in [0.25, 0.3) is 10.9 Å². The highest BCUT2D eigenvalue weighted by Crippen LogP contribution is 2.24. The molecule has 2 aromatic carbocycles. The van der Waals surface area contributed by atoms with Crippen LogP contribution < -0.4 is 4.74 Å². The van der Waals surface area contributed by atoms with E-state index >= 15 is 0 Å². The molecule has 1 N–H and O–H groups in total. The maximum Gasteiger partial charge on any atom is 0.227 e. The summed E-state index contributed by atoms with van der Waals surface area (Å²) in [5, 5.41) is 1.02. The van der Waals surface area contributed by atoms with E-state index in [0.717, 1.165) is 28.6 Å². The molecule has 0 bridgehead atoms. The highest BCUT2D eigenvalue weighted by Gasteiger charge is 2.21. The molecule has 0 aliphatic rings. The van der Waals surface area contributed by atoms with Crippen molar-refractivity contribution in [3.8, 4) is 5.75 Å². The Kier molecular flexibility index (Phi) is 6.14. The number of nitrogens with one attached hydrogen (secondary N) is 1. The quantitative estimate of drug-likeness (QED) is 0.664. The number of H-pyrrole nitrogens is 1. The molecule has 3 aromatic rings. The minimum absolute atomic E-state index is 0.00959. The van der Waals surface area contributed by atoms with Crippen molar-refractivity contribution in [1.82, 2.24) is 9.88 Å². The number of rotatable bonds is 8. The van der Waals surface area contributed by atoms with Gasteiger partial charge in [-0.3, -0.25) is 4.79 Å². The Balaban J connectivity index is 1.75. The molecule has 0 fully saturated rings. The Labute approximate surface area is 159 Å². The summed E-state index contributed by atoms with van der Waals surface area (Å²) in [6, 6.07) is 16.0. The number of carbonyl (C=O) groups excluding carboxylic acids is 1. The summed E-state index contributed by atoms with van der Waals surface area (Å²) in [5.74, 6) is 0.849. The minimum Gasteiger partial charge on any atom is -0.497 e. The number of fused-ring (bicyclic) bond motifs is 1. The van der Waals surface area contributed by atoms with Crippen LogP contribution >= 0.6 is 0 Å². The lowest BCUT2D eigenvalue weighted by atomic mass is 10.0. The van der Waals surface area contributed by atoms with E-state index in [0.29, 0.717) is 13.0 Å². The molecule has 1 amide bonds. The van der Waals surface area contributed by atoms with E-state index in [-0.39, 0.29) is 11.9 Å². The zero-order valence-electron chi connectivity index (χ0n) is 16.1. The molecule has 0 saturated heterocycles. The average Bonchev–Trinajstić information content (AvgIpc) is 3.09. The van der Waals surface area contributed by atoms with Crippen LogP contribution in [0.5, 0.6) is 5.75 Å². The molecule has 0 spiro atoms. The van der Waals surface area contributed by atoms with Gasteiger partial charge in [-0.05, 0) is 35.7 Å². The maximum atomic E-state index is 12.9. The lowest BCUT2D eigenvalue weighted by Gasteiger charge is -2.28. The van der Waals surface area contributed by atoms with Gasteiger partial charge in [-0.1, -0.05) is 30.3 Å². The molecule has 27 heavy (non-hydrogen) atoms. The van der Waals surface area contributed by atoms with E-state index in [1.807, 2.05) is 49.6 Å². The Morgan fingerprint density at radius 2 is 1.93 bits per heavy atom. The van der Waals surface area contributed by atoms with E-state index in [1.54, 1.807) is 19.1 Å². The van der Waals surface area contributed by atoms with E-state index in [2.05, 4.69) is 17.1 Å². The van der Waals surface area contributed by atoms with Gasteiger partial charge in [-0.25, -0.2) is 0 Å². The molecule has 1 aromatic heterocycles. The molecule has 3 rings (SSSR count). The first-order valence-electron chi connectivity index (χ1n) is 9.05. The van der Waals surface area contributed by atoms with Crippen LogP contribution in [0.4, 0.5) is 0 Å².